The van der Waals surface area contributed by atoms with Crippen LogP contribution in [0.5, 0.6) is 0 Å². The molecular weight excluding hydrogens is 274 g/mol. The molecule has 0 fully saturated rings. The highest BCUT2D eigenvalue weighted by atomic mass is 79.9. The minimum absolute atomic E-state index is 0.811. The standard InChI is InChI=1S/C10H12BrN3S/c1-6-13-8(4-12-2)10(14-6)9-3-7(11)5-15-9/h3,5,12H,4H2,1-2H3,(H,13,14). The quantitative estimate of drug-likeness (QED) is 0.910. The Balaban J connectivity index is 2.42. The molecule has 2 rings (SSSR count). The van der Waals surface area contributed by atoms with Gasteiger partial charge in [0.2, 0.25) is 0 Å². The summed E-state index contributed by atoms with van der Waals surface area (Å²) < 4.78 is 1.11. The lowest BCUT2D eigenvalue weighted by molar-refractivity contribution is 0.796. The predicted octanol–water partition coefficient (Wildman–Crippen LogP) is 2.93. The molecule has 80 valence electrons. The molecule has 2 heterocycles. The third kappa shape index (κ3) is 2.30. The zero-order valence-corrected chi connectivity index (χ0v) is 11.0. The summed E-state index contributed by atoms with van der Waals surface area (Å²) in [6.45, 7) is 2.79. The molecule has 0 aromatic carbocycles. The summed E-state index contributed by atoms with van der Waals surface area (Å²) in [7, 11) is 1.93. The summed E-state index contributed by atoms with van der Waals surface area (Å²) in [5.74, 6) is 0.958. The van der Waals surface area contributed by atoms with Crippen molar-refractivity contribution in [3.05, 3.63) is 27.4 Å². The molecule has 0 aliphatic heterocycles. The number of rotatable bonds is 3. The van der Waals surface area contributed by atoms with E-state index in [9.17, 15) is 0 Å². The molecule has 0 aliphatic rings. The van der Waals surface area contributed by atoms with Gasteiger partial charge in [-0.25, -0.2) is 4.98 Å². The highest BCUT2D eigenvalue weighted by molar-refractivity contribution is 9.10. The zero-order chi connectivity index (χ0) is 10.8. The van der Waals surface area contributed by atoms with Gasteiger partial charge in [0.25, 0.3) is 0 Å². The summed E-state index contributed by atoms with van der Waals surface area (Å²) in [4.78, 5) is 8.97. The molecule has 0 radical (unpaired) electrons. The Hall–Kier alpha value is -0.650. The molecule has 3 nitrogen and oxygen atoms in total. The first-order valence-corrected chi connectivity index (χ1v) is 6.32. The van der Waals surface area contributed by atoms with E-state index in [1.54, 1.807) is 11.3 Å². The normalized spacial score (nSPS) is 10.9. The minimum atomic E-state index is 0.811. The molecule has 2 aromatic rings. The second-order valence-electron chi connectivity index (χ2n) is 3.31. The molecule has 15 heavy (non-hydrogen) atoms. The van der Waals surface area contributed by atoms with Crippen LogP contribution in [-0.4, -0.2) is 17.0 Å². The number of aryl methyl sites for hydroxylation is 1. The van der Waals surface area contributed by atoms with Crippen molar-refractivity contribution < 1.29 is 0 Å². The van der Waals surface area contributed by atoms with Crippen molar-refractivity contribution in [2.45, 2.75) is 13.5 Å². The number of nitrogens with one attached hydrogen (secondary N) is 2. The number of nitrogens with zero attached hydrogens (tertiary/aromatic N) is 1. The van der Waals surface area contributed by atoms with Gasteiger partial charge in [-0.05, 0) is 36.0 Å². The van der Waals surface area contributed by atoms with Crippen LogP contribution < -0.4 is 5.32 Å². The molecule has 0 bridgehead atoms. The van der Waals surface area contributed by atoms with Crippen molar-refractivity contribution in [2.24, 2.45) is 0 Å². The van der Waals surface area contributed by atoms with E-state index in [0.717, 1.165) is 28.2 Å². The molecule has 0 atom stereocenters. The first kappa shape index (κ1) is 10.9. The Morgan fingerprint density at radius 2 is 2.40 bits per heavy atom. The molecule has 0 amide bonds. The van der Waals surface area contributed by atoms with Gasteiger partial charge in [-0.2, -0.15) is 0 Å². The highest BCUT2D eigenvalue weighted by Crippen LogP contribution is 2.30. The van der Waals surface area contributed by atoms with Gasteiger partial charge in [-0.1, -0.05) is 0 Å². The number of imidazole rings is 1. The zero-order valence-electron chi connectivity index (χ0n) is 8.60. The highest BCUT2D eigenvalue weighted by Gasteiger charge is 2.11. The maximum absolute atomic E-state index is 4.51. The molecule has 2 N–H and O–H groups in total. The lowest BCUT2D eigenvalue weighted by atomic mass is 10.3. The SMILES string of the molecule is CNCc1[nH]c(C)nc1-c1cc(Br)cs1. The second kappa shape index (κ2) is 4.47. The van der Waals surface area contributed by atoms with Crippen LogP contribution in [0.4, 0.5) is 0 Å². The van der Waals surface area contributed by atoms with E-state index in [1.807, 2.05) is 14.0 Å². The number of aromatic nitrogens is 2. The van der Waals surface area contributed by atoms with E-state index in [1.165, 1.54) is 4.88 Å². The van der Waals surface area contributed by atoms with Gasteiger partial charge < -0.3 is 10.3 Å². The Morgan fingerprint density at radius 1 is 1.60 bits per heavy atom. The van der Waals surface area contributed by atoms with Crippen LogP contribution in [0.2, 0.25) is 0 Å². The first-order valence-electron chi connectivity index (χ1n) is 4.65. The summed E-state index contributed by atoms with van der Waals surface area (Å²) in [5.41, 5.74) is 2.20. The van der Waals surface area contributed by atoms with Crippen LogP contribution in [0.15, 0.2) is 15.9 Å². The number of thiophene rings is 1. The molecular formula is C10H12BrN3S. The van der Waals surface area contributed by atoms with Crippen molar-refractivity contribution in [1.29, 1.82) is 0 Å². The van der Waals surface area contributed by atoms with E-state index < -0.39 is 0 Å². The maximum Gasteiger partial charge on any atom is 0.103 e. The van der Waals surface area contributed by atoms with Crippen molar-refractivity contribution in [3.8, 4) is 10.6 Å². The molecule has 5 heteroatoms. The third-order valence-corrected chi connectivity index (χ3v) is 3.75. The van der Waals surface area contributed by atoms with Gasteiger partial charge in [0.05, 0.1) is 10.6 Å². The summed E-state index contributed by atoms with van der Waals surface area (Å²) in [6.07, 6.45) is 0. The average Bonchev–Trinajstić information content (AvgIpc) is 2.73. The van der Waals surface area contributed by atoms with Gasteiger partial charge in [0.1, 0.15) is 11.5 Å². The topological polar surface area (TPSA) is 40.7 Å². The fourth-order valence-corrected chi connectivity index (χ4v) is 2.93. The molecule has 2 aromatic heterocycles. The first-order chi connectivity index (χ1) is 7.20. The molecule has 0 saturated heterocycles. The lowest BCUT2D eigenvalue weighted by Gasteiger charge is -1.98. The van der Waals surface area contributed by atoms with Gasteiger partial charge in [0, 0.05) is 16.4 Å². The fraction of sp³-hybridized carbons (Fsp3) is 0.300. The monoisotopic (exact) mass is 285 g/mol. The Kier molecular flexibility index (Phi) is 3.23. The van der Waals surface area contributed by atoms with Crippen LogP contribution in [0.25, 0.3) is 10.6 Å². The number of hydrogen-bond acceptors (Lipinski definition) is 3. The largest absolute Gasteiger partial charge is 0.344 e. The lowest BCUT2D eigenvalue weighted by Crippen LogP contribution is -2.06. The van der Waals surface area contributed by atoms with Crippen LogP contribution >= 0.6 is 27.3 Å². The van der Waals surface area contributed by atoms with Crippen LogP contribution in [0.3, 0.4) is 0 Å². The predicted molar refractivity (Wildman–Crippen MR) is 67.1 cm³/mol. The van der Waals surface area contributed by atoms with E-state index in [2.05, 4.69) is 42.7 Å². The third-order valence-electron chi connectivity index (χ3n) is 2.05. The molecule has 0 aliphatic carbocycles. The van der Waals surface area contributed by atoms with E-state index in [4.69, 9.17) is 0 Å². The van der Waals surface area contributed by atoms with Gasteiger partial charge in [0.15, 0.2) is 0 Å². The Bertz CT molecular complexity index is 461. The van der Waals surface area contributed by atoms with E-state index in [0.29, 0.717) is 0 Å². The Morgan fingerprint density at radius 3 is 3.00 bits per heavy atom. The van der Waals surface area contributed by atoms with Crippen molar-refractivity contribution in [1.82, 2.24) is 15.3 Å². The summed E-state index contributed by atoms with van der Waals surface area (Å²) in [5, 5.41) is 5.21. The number of H-pyrrole nitrogens is 1. The van der Waals surface area contributed by atoms with Gasteiger partial charge >= 0.3 is 0 Å². The van der Waals surface area contributed by atoms with E-state index in [-0.39, 0.29) is 0 Å². The van der Waals surface area contributed by atoms with Crippen molar-refractivity contribution in [3.63, 3.8) is 0 Å². The van der Waals surface area contributed by atoms with Gasteiger partial charge in [-0.15, -0.1) is 11.3 Å². The fourth-order valence-electron chi connectivity index (χ4n) is 1.49. The number of hydrogen-bond donors (Lipinski definition) is 2. The average molecular weight is 286 g/mol. The summed E-state index contributed by atoms with van der Waals surface area (Å²) in [6, 6.07) is 2.10. The van der Waals surface area contributed by atoms with Crippen molar-refractivity contribution in [2.75, 3.05) is 7.05 Å². The molecule has 0 unspecified atom stereocenters. The van der Waals surface area contributed by atoms with Crippen LogP contribution in [0, 0.1) is 6.92 Å². The second-order valence-corrected chi connectivity index (χ2v) is 5.14. The Labute approximate surface area is 101 Å². The maximum atomic E-state index is 4.51. The van der Waals surface area contributed by atoms with Crippen LogP contribution in [0.1, 0.15) is 11.5 Å². The smallest absolute Gasteiger partial charge is 0.103 e. The van der Waals surface area contributed by atoms with Gasteiger partial charge in [-0.3, -0.25) is 0 Å². The van der Waals surface area contributed by atoms with Crippen LogP contribution in [-0.2, 0) is 6.54 Å². The van der Waals surface area contributed by atoms with E-state index >= 15 is 0 Å². The van der Waals surface area contributed by atoms with Crippen molar-refractivity contribution >= 4 is 27.3 Å². The summed E-state index contributed by atoms with van der Waals surface area (Å²) >= 11 is 5.16. The number of aromatic amines is 1. The number of halogens is 1. The molecule has 0 spiro atoms. The molecule has 0 saturated carbocycles. The minimum Gasteiger partial charge on any atom is -0.344 e.